The molecular formula is C12H11NO5. The Bertz CT molecular complexity index is 519. The number of carboxylic acid groups (broad SMARTS) is 1. The van der Waals surface area contributed by atoms with Gasteiger partial charge in [-0.1, -0.05) is 18.2 Å². The van der Waals surface area contributed by atoms with E-state index in [2.05, 4.69) is 0 Å². The van der Waals surface area contributed by atoms with Gasteiger partial charge in [-0.2, -0.15) is 0 Å². The molecule has 0 bridgehead atoms. The van der Waals surface area contributed by atoms with E-state index in [-0.39, 0.29) is 5.69 Å². The zero-order chi connectivity index (χ0) is 13.5. The molecule has 0 aliphatic rings. The van der Waals surface area contributed by atoms with Gasteiger partial charge in [-0.3, -0.25) is 10.1 Å². The number of carboxylic acids is 1. The highest BCUT2D eigenvalue weighted by Crippen LogP contribution is 2.20. The predicted molar refractivity (Wildman–Crippen MR) is 64.9 cm³/mol. The summed E-state index contributed by atoms with van der Waals surface area (Å²) in [6.45, 7) is 0. The third-order valence-corrected chi connectivity index (χ3v) is 2.05. The zero-order valence-corrected chi connectivity index (χ0v) is 9.57. The third kappa shape index (κ3) is 3.75. The van der Waals surface area contributed by atoms with Gasteiger partial charge in [0.2, 0.25) is 0 Å². The molecule has 18 heavy (non-hydrogen) atoms. The molecule has 1 aromatic rings. The van der Waals surface area contributed by atoms with Crippen LogP contribution in [-0.2, 0) is 9.53 Å². The van der Waals surface area contributed by atoms with Crippen molar-refractivity contribution in [2.45, 2.75) is 0 Å². The standard InChI is InChI=1S/C12H11NO5/c1-18-11(6-3-7-12(14)15)9-4-2-5-10(8-9)13(16)17/h2-8H,1H3,(H,14,15)/b7-3+,11-6-. The number of allylic oxidation sites excluding steroid dienone is 2. The summed E-state index contributed by atoms with van der Waals surface area (Å²) in [5.41, 5.74) is 0.444. The SMILES string of the molecule is CO/C(=C\C=C\C(=O)O)c1cccc([N+](=O)[O-])c1. The lowest BCUT2D eigenvalue weighted by Gasteiger charge is -2.04. The molecule has 1 N–H and O–H groups in total. The number of non-ortho nitro benzene ring substituents is 1. The number of aliphatic carboxylic acids is 1. The number of ether oxygens (including phenoxy) is 1. The van der Waals surface area contributed by atoms with Gasteiger partial charge < -0.3 is 9.84 Å². The van der Waals surface area contributed by atoms with E-state index >= 15 is 0 Å². The molecule has 0 aliphatic heterocycles. The Labute approximate surface area is 103 Å². The molecule has 0 atom stereocenters. The molecule has 0 spiro atoms. The van der Waals surface area contributed by atoms with E-state index in [1.165, 1.54) is 37.5 Å². The Balaban J connectivity index is 3.05. The van der Waals surface area contributed by atoms with Crippen molar-refractivity contribution in [3.05, 3.63) is 58.2 Å². The van der Waals surface area contributed by atoms with Gasteiger partial charge in [0.05, 0.1) is 12.0 Å². The number of nitro benzene ring substituents is 1. The van der Waals surface area contributed by atoms with Gasteiger partial charge in [0.1, 0.15) is 5.76 Å². The molecule has 0 fully saturated rings. The van der Waals surface area contributed by atoms with Crippen LogP contribution in [0.1, 0.15) is 5.56 Å². The first-order valence-corrected chi connectivity index (χ1v) is 4.94. The minimum absolute atomic E-state index is 0.0577. The molecule has 0 heterocycles. The fourth-order valence-corrected chi connectivity index (χ4v) is 1.27. The van der Waals surface area contributed by atoms with Crippen molar-refractivity contribution in [2.24, 2.45) is 0 Å². The zero-order valence-electron chi connectivity index (χ0n) is 9.57. The van der Waals surface area contributed by atoms with Crippen LogP contribution < -0.4 is 0 Å². The number of benzene rings is 1. The molecule has 6 nitrogen and oxygen atoms in total. The van der Waals surface area contributed by atoms with E-state index < -0.39 is 10.9 Å². The van der Waals surface area contributed by atoms with Gasteiger partial charge in [0, 0.05) is 23.8 Å². The van der Waals surface area contributed by atoms with Crippen molar-refractivity contribution in [2.75, 3.05) is 7.11 Å². The van der Waals surface area contributed by atoms with Crippen LogP contribution in [-0.4, -0.2) is 23.1 Å². The quantitative estimate of drug-likeness (QED) is 0.284. The van der Waals surface area contributed by atoms with Crippen LogP contribution in [0, 0.1) is 10.1 Å². The summed E-state index contributed by atoms with van der Waals surface area (Å²) in [4.78, 5) is 20.4. The fourth-order valence-electron chi connectivity index (χ4n) is 1.27. The molecule has 1 aromatic carbocycles. The van der Waals surface area contributed by atoms with E-state index in [9.17, 15) is 14.9 Å². The van der Waals surface area contributed by atoms with E-state index in [0.717, 1.165) is 6.08 Å². The van der Waals surface area contributed by atoms with Gasteiger partial charge in [-0.25, -0.2) is 4.79 Å². The number of rotatable bonds is 5. The first-order chi connectivity index (χ1) is 8.54. The predicted octanol–water partition coefficient (Wildman–Crippen LogP) is 2.22. The largest absolute Gasteiger partial charge is 0.496 e. The second-order valence-corrected chi connectivity index (χ2v) is 3.24. The minimum atomic E-state index is -1.08. The van der Waals surface area contributed by atoms with Crippen molar-refractivity contribution in [3.63, 3.8) is 0 Å². The molecule has 0 aliphatic carbocycles. The summed E-state index contributed by atoms with van der Waals surface area (Å²) in [5, 5.41) is 19.1. The number of methoxy groups -OCH3 is 1. The highest BCUT2D eigenvalue weighted by Gasteiger charge is 2.08. The van der Waals surface area contributed by atoms with E-state index in [0.29, 0.717) is 11.3 Å². The Morgan fingerprint density at radius 3 is 2.78 bits per heavy atom. The van der Waals surface area contributed by atoms with Crippen molar-refractivity contribution in [1.82, 2.24) is 0 Å². The summed E-state index contributed by atoms with van der Waals surface area (Å²) in [7, 11) is 1.40. The number of hydrogen-bond donors (Lipinski definition) is 1. The second kappa shape index (κ2) is 6.19. The Hall–Kier alpha value is -2.63. The van der Waals surface area contributed by atoms with Crippen molar-refractivity contribution >= 4 is 17.4 Å². The van der Waals surface area contributed by atoms with Crippen LogP contribution in [0.5, 0.6) is 0 Å². The Morgan fingerprint density at radius 1 is 1.50 bits per heavy atom. The van der Waals surface area contributed by atoms with Crippen molar-refractivity contribution < 1.29 is 19.6 Å². The lowest BCUT2D eigenvalue weighted by Crippen LogP contribution is -1.92. The van der Waals surface area contributed by atoms with E-state index in [1.807, 2.05) is 0 Å². The fraction of sp³-hybridized carbons (Fsp3) is 0.0833. The van der Waals surface area contributed by atoms with Crippen LogP contribution in [0.3, 0.4) is 0 Å². The monoisotopic (exact) mass is 249 g/mol. The lowest BCUT2D eigenvalue weighted by molar-refractivity contribution is -0.384. The van der Waals surface area contributed by atoms with Gasteiger partial charge in [-0.05, 0) is 6.08 Å². The van der Waals surface area contributed by atoms with Crippen molar-refractivity contribution in [1.29, 1.82) is 0 Å². The summed E-state index contributed by atoms with van der Waals surface area (Å²) >= 11 is 0. The molecule has 0 amide bonds. The summed E-state index contributed by atoms with van der Waals surface area (Å²) in [5.74, 6) is -0.739. The third-order valence-electron chi connectivity index (χ3n) is 2.05. The van der Waals surface area contributed by atoms with Crippen molar-refractivity contribution in [3.8, 4) is 0 Å². The smallest absolute Gasteiger partial charge is 0.328 e. The molecule has 0 saturated heterocycles. The molecule has 94 valence electrons. The topological polar surface area (TPSA) is 89.7 Å². The number of carbonyl (C=O) groups is 1. The average Bonchev–Trinajstić information content (AvgIpc) is 2.34. The molecule has 0 saturated carbocycles. The molecule has 1 rings (SSSR count). The molecular weight excluding hydrogens is 238 g/mol. The molecule has 0 radical (unpaired) electrons. The van der Waals surface area contributed by atoms with Crippen LogP contribution in [0.25, 0.3) is 5.76 Å². The minimum Gasteiger partial charge on any atom is -0.496 e. The first kappa shape index (κ1) is 13.4. The molecule has 0 aromatic heterocycles. The lowest BCUT2D eigenvalue weighted by atomic mass is 10.1. The highest BCUT2D eigenvalue weighted by molar-refractivity contribution is 5.80. The van der Waals surface area contributed by atoms with Gasteiger partial charge in [0.15, 0.2) is 0 Å². The maximum atomic E-state index is 10.6. The van der Waals surface area contributed by atoms with E-state index in [4.69, 9.17) is 9.84 Å². The average molecular weight is 249 g/mol. The highest BCUT2D eigenvalue weighted by atomic mass is 16.6. The van der Waals surface area contributed by atoms with E-state index in [1.54, 1.807) is 6.07 Å². The summed E-state index contributed by atoms with van der Waals surface area (Å²) < 4.78 is 5.05. The van der Waals surface area contributed by atoms with Crippen LogP contribution >= 0.6 is 0 Å². The number of nitro groups is 1. The van der Waals surface area contributed by atoms with Crippen LogP contribution in [0.2, 0.25) is 0 Å². The van der Waals surface area contributed by atoms with Gasteiger partial charge >= 0.3 is 5.97 Å². The first-order valence-electron chi connectivity index (χ1n) is 4.94. The van der Waals surface area contributed by atoms with Gasteiger partial charge in [0.25, 0.3) is 5.69 Å². The normalized spacial score (nSPS) is 11.5. The number of hydrogen-bond acceptors (Lipinski definition) is 4. The van der Waals surface area contributed by atoms with Crippen LogP contribution in [0.4, 0.5) is 5.69 Å². The molecule has 0 unspecified atom stereocenters. The Kier molecular flexibility index (Phi) is 4.62. The number of nitrogens with zero attached hydrogens (tertiary/aromatic N) is 1. The Morgan fingerprint density at radius 2 is 2.22 bits per heavy atom. The molecule has 6 heteroatoms. The summed E-state index contributed by atoms with van der Waals surface area (Å²) in [6.07, 6.45) is 3.66. The summed E-state index contributed by atoms with van der Waals surface area (Å²) in [6, 6.07) is 5.88. The van der Waals surface area contributed by atoms with Gasteiger partial charge in [-0.15, -0.1) is 0 Å². The maximum absolute atomic E-state index is 10.6. The second-order valence-electron chi connectivity index (χ2n) is 3.24. The van der Waals surface area contributed by atoms with Crippen LogP contribution in [0.15, 0.2) is 42.5 Å². The maximum Gasteiger partial charge on any atom is 0.328 e.